The van der Waals surface area contributed by atoms with E-state index in [1.165, 1.54) is 15.7 Å². The van der Waals surface area contributed by atoms with Gasteiger partial charge in [-0.2, -0.15) is 5.26 Å². The lowest BCUT2D eigenvalue weighted by Crippen LogP contribution is -2.29. The van der Waals surface area contributed by atoms with Gasteiger partial charge in [0, 0.05) is 7.05 Å². The summed E-state index contributed by atoms with van der Waals surface area (Å²) in [4.78, 5) is 18.0. The van der Waals surface area contributed by atoms with E-state index < -0.39 is 0 Å². The van der Waals surface area contributed by atoms with Gasteiger partial charge in [0.2, 0.25) is 5.84 Å². The van der Waals surface area contributed by atoms with Crippen LogP contribution >= 0.6 is 0 Å². The van der Waals surface area contributed by atoms with Gasteiger partial charge in [0.25, 0.3) is 5.56 Å². The first-order chi connectivity index (χ1) is 9.58. The van der Waals surface area contributed by atoms with Gasteiger partial charge in [0.15, 0.2) is 0 Å². The molecule has 0 saturated carbocycles. The van der Waals surface area contributed by atoms with Crippen molar-refractivity contribution in [1.82, 2.24) is 14.5 Å². The third-order valence-electron chi connectivity index (χ3n) is 3.00. The highest BCUT2D eigenvalue weighted by molar-refractivity contribution is 5.94. The maximum atomic E-state index is 12.2. The van der Waals surface area contributed by atoms with Gasteiger partial charge in [0.05, 0.1) is 17.4 Å². The highest BCUT2D eigenvalue weighted by Gasteiger charge is 2.12. The van der Waals surface area contributed by atoms with Crippen LogP contribution in [0, 0.1) is 16.7 Å². The van der Waals surface area contributed by atoms with Gasteiger partial charge in [-0.1, -0.05) is 18.7 Å². The molecule has 0 amide bonds. The normalized spacial score (nSPS) is 10.0. The SMILES string of the molecule is C=CN(Cc1nc2ccccc2c(=O)n1C)C(=N)C#N. The predicted molar refractivity (Wildman–Crippen MR) is 76.1 cm³/mol. The molecule has 0 aliphatic rings. The van der Waals surface area contributed by atoms with E-state index in [9.17, 15) is 4.79 Å². The summed E-state index contributed by atoms with van der Waals surface area (Å²) >= 11 is 0. The minimum Gasteiger partial charge on any atom is -0.318 e. The van der Waals surface area contributed by atoms with E-state index in [-0.39, 0.29) is 17.9 Å². The van der Waals surface area contributed by atoms with E-state index in [0.29, 0.717) is 16.7 Å². The molecule has 2 aromatic rings. The Labute approximate surface area is 115 Å². The van der Waals surface area contributed by atoms with Crippen molar-refractivity contribution in [3.63, 3.8) is 0 Å². The monoisotopic (exact) mass is 267 g/mol. The van der Waals surface area contributed by atoms with Crippen LogP contribution in [0.1, 0.15) is 5.82 Å². The van der Waals surface area contributed by atoms with Crippen molar-refractivity contribution in [2.24, 2.45) is 7.05 Å². The average molecular weight is 267 g/mol. The summed E-state index contributed by atoms with van der Waals surface area (Å²) in [6.07, 6.45) is 1.37. The minimum absolute atomic E-state index is 0.145. The zero-order chi connectivity index (χ0) is 14.7. The molecule has 1 N–H and O–H groups in total. The first-order valence-corrected chi connectivity index (χ1v) is 5.91. The van der Waals surface area contributed by atoms with Gasteiger partial charge >= 0.3 is 0 Å². The van der Waals surface area contributed by atoms with Gasteiger partial charge < -0.3 is 4.90 Å². The highest BCUT2D eigenvalue weighted by atomic mass is 16.1. The van der Waals surface area contributed by atoms with Crippen molar-refractivity contribution in [3.05, 3.63) is 53.2 Å². The molecule has 1 heterocycles. The van der Waals surface area contributed by atoms with Crippen LogP contribution in [0.4, 0.5) is 0 Å². The fraction of sp³-hybridized carbons (Fsp3) is 0.143. The molecule has 0 spiro atoms. The quantitative estimate of drug-likeness (QED) is 0.672. The van der Waals surface area contributed by atoms with Crippen molar-refractivity contribution in [3.8, 4) is 6.07 Å². The van der Waals surface area contributed by atoms with E-state index in [2.05, 4.69) is 11.6 Å². The second-order valence-electron chi connectivity index (χ2n) is 4.18. The van der Waals surface area contributed by atoms with Crippen LogP contribution in [-0.4, -0.2) is 20.3 Å². The van der Waals surface area contributed by atoms with Gasteiger partial charge in [-0.25, -0.2) is 4.98 Å². The first-order valence-electron chi connectivity index (χ1n) is 5.91. The molecular weight excluding hydrogens is 254 g/mol. The summed E-state index contributed by atoms with van der Waals surface area (Å²) < 4.78 is 1.42. The summed E-state index contributed by atoms with van der Waals surface area (Å²) in [5, 5.41) is 16.8. The Hall–Kier alpha value is -2.94. The third kappa shape index (κ3) is 2.29. The maximum Gasteiger partial charge on any atom is 0.261 e. The number of fused-ring (bicyclic) bond motifs is 1. The lowest BCUT2D eigenvalue weighted by molar-refractivity contribution is 0.513. The number of amidine groups is 1. The lowest BCUT2D eigenvalue weighted by atomic mass is 10.2. The van der Waals surface area contributed by atoms with Crippen molar-refractivity contribution in [2.45, 2.75) is 6.54 Å². The minimum atomic E-state index is -0.248. The number of nitrogens with one attached hydrogen (secondary N) is 1. The largest absolute Gasteiger partial charge is 0.318 e. The van der Waals surface area contributed by atoms with Crippen molar-refractivity contribution < 1.29 is 0 Å². The predicted octanol–water partition coefficient (Wildman–Crippen LogP) is 1.38. The molecule has 0 aliphatic heterocycles. The number of benzene rings is 1. The molecule has 0 aliphatic carbocycles. The van der Waals surface area contributed by atoms with Gasteiger partial charge in [-0.15, -0.1) is 0 Å². The second kappa shape index (κ2) is 5.36. The Morgan fingerprint density at radius 2 is 2.30 bits per heavy atom. The number of para-hydroxylation sites is 1. The summed E-state index contributed by atoms with van der Waals surface area (Å²) in [5.41, 5.74) is 0.441. The van der Waals surface area contributed by atoms with Crippen LogP contribution in [0.15, 0.2) is 41.8 Å². The molecule has 1 aromatic carbocycles. The zero-order valence-corrected chi connectivity index (χ0v) is 11.0. The van der Waals surface area contributed by atoms with Crippen molar-refractivity contribution >= 4 is 16.7 Å². The van der Waals surface area contributed by atoms with E-state index in [1.807, 2.05) is 0 Å². The topological polar surface area (TPSA) is 85.8 Å². The summed E-state index contributed by atoms with van der Waals surface area (Å²) in [5.74, 6) is 0.219. The van der Waals surface area contributed by atoms with E-state index >= 15 is 0 Å². The standard InChI is InChI=1S/C14H13N5O/c1-3-19(12(16)8-15)9-13-17-11-7-5-4-6-10(11)14(20)18(13)2/h3-7,16H,1,9H2,2H3. The Balaban J connectivity index is 2.53. The molecule has 0 radical (unpaired) electrons. The summed E-state index contributed by atoms with van der Waals surface area (Å²) in [6.45, 7) is 3.70. The highest BCUT2D eigenvalue weighted by Crippen LogP contribution is 2.09. The zero-order valence-electron chi connectivity index (χ0n) is 11.0. The van der Waals surface area contributed by atoms with Crippen molar-refractivity contribution in [1.29, 1.82) is 10.7 Å². The van der Waals surface area contributed by atoms with Crippen LogP contribution in [0.5, 0.6) is 0 Å². The molecule has 20 heavy (non-hydrogen) atoms. The van der Waals surface area contributed by atoms with E-state index in [1.54, 1.807) is 37.4 Å². The summed E-state index contributed by atoms with van der Waals surface area (Å²) in [7, 11) is 1.62. The van der Waals surface area contributed by atoms with E-state index in [4.69, 9.17) is 10.7 Å². The number of rotatable bonds is 3. The smallest absolute Gasteiger partial charge is 0.261 e. The second-order valence-corrected chi connectivity index (χ2v) is 4.18. The van der Waals surface area contributed by atoms with Crippen LogP contribution < -0.4 is 5.56 Å². The van der Waals surface area contributed by atoms with Crippen LogP contribution in [0.25, 0.3) is 10.9 Å². The lowest BCUT2D eigenvalue weighted by Gasteiger charge is -2.17. The van der Waals surface area contributed by atoms with Gasteiger partial charge in [-0.3, -0.25) is 14.8 Å². The maximum absolute atomic E-state index is 12.2. The Morgan fingerprint density at radius 1 is 1.60 bits per heavy atom. The van der Waals surface area contributed by atoms with Crippen LogP contribution in [0.3, 0.4) is 0 Å². The molecular formula is C14H13N5O. The number of aromatic nitrogens is 2. The van der Waals surface area contributed by atoms with Crippen LogP contribution in [0.2, 0.25) is 0 Å². The Bertz CT molecular complexity index is 784. The Kier molecular flexibility index (Phi) is 3.62. The van der Waals surface area contributed by atoms with Gasteiger partial charge in [-0.05, 0) is 18.3 Å². The molecule has 0 unspecified atom stereocenters. The number of nitrogens with zero attached hydrogens (tertiary/aromatic N) is 4. The molecule has 0 fully saturated rings. The third-order valence-corrected chi connectivity index (χ3v) is 3.00. The first kappa shape index (κ1) is 13.5. The number of hydrogen-bond donors (Lipinski definition) is 1. The average Bonchev–Trinajstić information content (AvgIpc) is 2.48. The molecule has 0 bridgehead atoms. The molecule has 0 saturated heterocycles. The number of hydrogen-bond acceptors (Lipinski definition) is 4. The fourth-order valence-corrected chi connectivity index (χ4v) is 1.86. The van der Waals surface area contributed by atoms with Gasteiger partial charge in [0.1, 0.15) is 11.9 Å². The molecule has 1 aromatic heterocycles. The van der Waals surface area contributed by atoms with Crippen molar-refractivity contribution in [2.75, 3.05) is 0 Å². The molecule has 6 heteroatoms. The number of nitriles is 1. The Morgan fingerprint density at radius 3 is 2.95 bits per heavy atom. The fourth-order valence-electron chi connectivity index (χ4n) is 1.86. The molecule has 6 nitrogen and oxygen atoms in total. The summed E-state index contributed by atoms with van der Waals surface area (Å²) in [6, 6.07) is 8.80. The van der Waals surface area contributed by atoms with E-state index in [0.717, 1.165) is 0 Å². The molecule has 0 atom stereocenters. The molecule has 2 rings (SSSR count). The molecule has 100 valence electrons. The van der Waals surface area contributed by atoms with Crippen LogP contribution in [-0.2, 0) is 13.6 Å².